The Labute approximate surface area is 146 Å². The summed E-state index contributed by atoms with van der Waals surface area (Å²) >= 11 is 6.11. The first kappa shape index (κ1) is 16.9. The number of nitrogens with one attached hydrogen (secondary N) is 1. The fourth-order valence-electron chi connectivity index (χ4n) is 3.28. The van der Waals surface area contributed by atoms with Crippen molar-refractivity contribution in [3.63, 3.8) is 0 Å². The van der Waals surface area contributed by atoms with Gasteiger partial charge in [-0.3, -0.25) is 4.79 Å². The minimum Gasteiger partial charge on any atom is -0.343 e. The summed E-state index contributed by atoms with van der Waals surface area (Å²) in [6.45, 7) is 4.10. The summed E-state index contributed by atoms with van der Waals surface area (Å²) in [6.07, 6.45) is 4.18. The van der Waals surface area contributed by atoms with Gasteiger partial charge in [0.1, 0.15) is 5.54 Å². The number of hydrogen-bond acceptors (Lipinski definition) is 4. The van der Waals surface area contributed by atoms with Crippen LogP contribution >= 0.6 is 11.6 Å². The number of amides is 1. The molecule has 1 aliphatic rings. The third kappa shape index (κ3) is 3.29. The van der Waals surface area contributed by atoms with Gasteiger partial charge in [0.15, 0.2) is 5.82 Å². The average molecular weight is 348 g/mol. The third-order valence-corrected chi connectivity index (χ3v) is 5.01. The second-order valence-electron chi connectivity index (χ2n) is 6.56. The van der Waals surface area contributed by atoms with E-state index in [2.05, 4.69) is 27.8 Å². The molecule has 3 rings (SSSR count). The molecule has 0 radical (unpaired) electrons. The summed E-state index contributed by atoms with van der Waals surface area (Å²) in [6, 6.07) is 7.41. The van der Waals surface area contributed by atoms with Gasteiger partial charge >= 0.3 is 0 Å². The molecule has 0 aliphatic heterocycles. The molecule has 2 aromatic rings. The van der Waals surface area contributed by atoms with Crippen molar-refractivity contribution >= 4 is 17.5 Å². The lowest BCUT2D eigenvalue weighted by Gasteiger charge is -2.38. The van der Waals surface area contributed by atoms with Crippen LogP contribution in [-0.2, 0) is 10.3 Å². The molecule has 24 heavy (non-hydrogen) atoms. The second-order valence-corrected chi connectivity index (χ2v) is 7.00. The van der Waals surface area contributed by atoms with Gasteiger partial charge in [0.05, 0.1) is 5.69 Å². The van der Waals surface area contributed by atoms with Crippen LogP contribution in [0.1, 0.15) is 51.8 Å². The Morgan fingerprint density at radius 3 is 2.83 bits per heavy atom. The van der Waals surface area contributed by atoms with Crippen molar-refractivity contribution in [2.75, 3.05) is 0 Å². The van der Waals surface area contributed by atoms with Crippen molar-refractivity contribution in [2.45, 2.75) is 51.5 Å². The highest BCUT2D eigenvalue weighted by molar-refractivity contribution is 6.30. The average Bonchev–Trinajstić information content (AvgIpc) is 3.07. The lowest BCUT2D eigenvalue weighted by Crippen LogP contribution is -2.49. The van der Waals surface area contributed by atoms with Crippen molar-refractivity contribution in [1.29, 1.82) is 0 Å². The number of halogens is 1. The number of carbonyl (C=O) groups excluding carboxylic acids is 1. The summed E-state index contributed by atoms with van der Waals surface area (Å²) in [4.78, 5) is 12.2. The highest BCUT2D eigenvalue weighted by Crippen LogP contribution is 2.39. The van der Waals surface area contributed by atoms with E-state index in [1.807, 2.05) is 31.2 Å². The van der Waals surface area contributed by atoms with Crippen LogP contribution in [-0.4, -0.2) is 26.1 Å². The highest BCUT2D eigenvalue weighted by Gasteiger charge is 2.41. The zero-order valence-electron chi connectivity index (χ0n) is 14.0. The van der Waals surface area contributed by atoms with Crippen LogP contribution in [0, 0.1) is 5.92 Å². The van der Waals surface area contributed by atoms with E-state index in [9.17, 15) is 4.79 Å². The van der Waals surface area contributed by atoms with Gasteiger partial charge in [0.2, 0.25) is 5.91 Å². The molecule has 1 fully saturated rings. The molecule has 0 spiro atoms. The maximum atomic E-state index is 12.2. The van der Waals surface area contributed by atoms with E-state index in [0.29, 0.717) is 23.2 Å². The number of hydrogen-bond donors (Lipinski definition) is 1. The van der Waals surface area contributed by atoms with E-state index in [0.717, 1.165) is 31.4 Å². The van der Waals surface area contributed by atoms with Gasteiger partial charge in [-0.15, -0.1) is 5.10 Å². The molecule has 128 valence electrons. The maximum Gasteiger partial charge on any atom is 0.220 e. The SMILES string of the molecule is CCC(=O)NC1(c2nnnn2-c2cccc(Cl)c2)CCC(C)CC1. The van der Waals surface area contributed by atoms with Crippen molar-refractivity contribution in [1.82, 2.24) is 25.5 Å². The predicted octanol–water partition coefficient (Wildman–Crippen LogP) is 3.25. The lowest BCUT2D eigenvalue weighted by atomic mass is 9.76. The summed E-state index contributed by atoms with van der Waals surface area (Å²) in [7, 11) is 0. The fraction of sp³-hybridized carbons (Fsp3) is 0.529. The van der Waals surface area contributed by atoms with E-state index in [-0.39, 0.29) is 5.91 Å². The van der Waals surface area contributed by atoms with E-state index in [1.165, 1.54) is 0 Å². The molecule has 0 bridgehead atoms. The zero-order valence-corrected chi connectivity index (χ0v) is 14.8. The monoisotopic (exact) mass is 347 g/mol. The largest absolute Gasteiger partial charge is 0.343 e. The Morgan fingerprint density at radius 1 is 1.42 bits per heavy atom. The molecule has 0 unspecified atom stereocenters. The summed E-state index contributed by atoms with van der Waals surface area (Å²) in [5.74, 6) is 1.34. The number of carbonyl (C=O) groups is 1. The third-order valence-electron chi connectivity index (χ3n) is 4.78. The van der Waals surface area contributed by atoms with Crippen LogP contribution < -0.4 is 5.32 Å². The number of nitrogens with zero attached hydrogens (tertiary/aromatic N) is 4. The van der Waals surface area contributed by atoms with E-state index in [1.54, 1.807) is 4.68 Å². The topological polar surface area (TPSA) is 72.7 Å². The first-order valence-corrected chi connectivity index (χ1v) is 8.77. The number of benzene rings is 1. The smallest absolute Gasteiger partial charge is 0.220 e. The van der Waals surface area contributed by atoms with Crippen LogP contribution in [0.3, 0.4) is 0 Å². The Morgan fingerprint density at radius 2 is 2.17 bits per heavy atom. The first-order valence-electron chi connectivity index (χ1n) is 8.40. The summed E-state index contributed by atoms with van der Waals surface area (Å²) < 4.78 is 1.69. The van der Waals surface area contributed by atoms with E-state index >= 15 is 0 Å². The van der Waals surface area contributed by atoms with Gasteiger partial charge in [-0.05, 0) is 60.2 Å². The Hall–Kier alpha value is -1.95. The minimum absolute atomic E-state index is 0.0187. The molecule has 1 N–H and O–H groups in total. The second kappa shape index (κ2) is 6.89. The molecule has 7 heteroatoms. The van der Waals surface area contributed by atoms with Crippen molar-refractivity contribution in [2.24, 2.45) is 5.92 Å². The van der Waals surface area contributed by atoms with Gasteiger partial charge in [-0.25, -0.2) is 0 Å². The normalized spacial score (nSPS) is 23.9. The lowest BCUT2D eigenvalue weighted by molar-refractivity contribution is -0.123. The van der Waals surface area contributed by atoms with Crippen molar-refractivity contribution in [3.8, 4) is 5.69 Å². The van der Waals surface area contributed by atoms with Gasteiger partial charge in [0, 0.05) is 11.4 Å². The van der Waals surface area contributed by atoms with Crippen LogP contribution in [0.5, 0.6) is 0 Å². The fourth-order valence-corrected chi connectivity index (χ4v) is 3.47. The predicted molar refractivity (Wildman–Crippen MR) is 91.9 cm³/mol. The zero-order chi connectivity index (χ0) is 17.2. The molecule has 1 aliphatic carbocycles. The van der Waals surface area contributed by atoms with Crippen LogP contribution in [0.4, 0.5) is 0 Å². The number of rotatable bonds is 4. The van der Waals surface area contributed by atoms with Crippen molar-refractivity contribution < 1.29 is 4.79 Å². The summed E-state index contributed by atoms with van der Waals surface area (Å²) in [5, 5.41) is 16.1. The Kier molecular flexibility index (Phi) is 4.85. The maximum absolute atomic E-state index is 12.2. The molecule has 1 heterocycles. The van der Waals surface area contributed by atoms with Gasteiger partial charge < -0.3 is 5.32 Å². The number of aromatic nitrogens is 4. The molecule has 1 amide bonds. The van der Waals surface area contributed by atoms with E-state index in [4.69, 9.17) is 11.6 Å². The standard InChI is InChI=1S/C17H22ClN5O/c1-3-15(24)19-17(9-7-12(2)8-10-17)16-20-21-22-23(16)14-6-4-5-13(18)11-14/h4-6,11-12H,3,7-10H2,1-2H3,(H,19,24). The van der Waals surface area contributed by atoms with Crippen molar-refractivity contribution in [3.05, 3.63) is 35.1 Å². The number of tetrazole rings is 1. The minimum atomic E-state index is -0.522. The highest BCUT2D eigenvalue weighted by atomic mass is 35.5. The van der Waals surface area contributed by atoms with Gasteiger partial charge in [0.25, 0.3) is 0 Å². The quantitative estimate of drug-likeness (QED) is 0.921. The van der Waals surface area contributed by atoms with Gasteiger partial charge in [-0.1, -0.05) is 31.5 Å². The van der Waals surface area contributed by atoms with Gasteiger partial charge in [-0.2, -0.15) is 4.68 Å². The van der Waals surface area contributed by atoms with Crippen LogP contribution in [0.15, 0.2) is 24.3 Å². The molecule has 0 saturated heterocycles. The molecule has 0 atom stereocenters. The first-order chi connectivity index (χ1) is 11.5. The molecule has 1 aromatic carbocycles. The summed E-state index contributed by atoms with van der Waals surface area (Å²) in [5.41, 5.74) is 0.275. The Balaban J connectivity index is 2.03. The molecule has 1 saturated carbocycles. The van der Waals surface area contributed by atoms with Crippen LogP contribution in [0.25, 0.3) is 5.69 Å². The Bertz CT molecular complexity index is 721. The molecule has 1 aromatic heterocycles. The molecule has 6 nitrogen and oxygen atoms in total. The molecular formula is C17H22ClN5O. The molecular weight excluding hydrogens is 326 g/mol. The van der Waals surface area contributed by atoms with E-state index < -0.39 is 5.54 Å². The van der Waals surface area contributed by atoms with Crippen LogP contribution in [0.2, 0.25) is 5.02 Å².